The van der Waals surface area contributed by atoms with Crippen molar-refractivity contribution in [3.8, 4) is 0 Å². The van der Waals surface area contributed by atoms with Gasteiger partial charge in [-0.15, -0.1) is 11.6 Å². The van der Waals surface area contributed by atoms with Crippen molar-refractivity contribution in [2.45, 2.75) is 25.0 Å². The van der Waals surface area contributed by atoms with E-state index in [2.05, 4.69) is 0 Å². The van der Waals surface area contributed by atoms with E-state index in [1.54, 1.807) is 6.92 Å². The molecule has 0 saturated heterocycles. The van der Waals surface area contributed by atoms with Crippen molar-refractivity contribution in [2.75, 3.05) is 5.88 Å². The van der Waals surface area contributed by atoms with Gasteiger partial charge < -0.3 is 0 Å². The van der Waals surface area contributed by atoms with Crippen LogP contribution in [0.4, 0.5) is 0 Å². The van der Waals surface area contributed by atoms with Gasteiger partial charge in [0.1, 0.15) is 0 Å². The zero-order chi connectivity index (χ0) is 8.20. The Kier molecular flexibility index (Phi) is 4.65. The Bertz CT molecular complexity index is 176. The largest absolute Gasteiger partial charge is 0.235 e. The maximum atomic E-state index is 10.7. The predicted molar refractivity (Wildman–Crippen MR) is 44.2 cm³/mol. The van der Waals surface area contributed by atoms with E-state index in [9.17, 15) is 8.42 Å². The van der Waals surface area contributed by atoms with Gasteiger partial charge in [-0.2, -0.15) is 0 Å². The third-order valence-corrected chi connectivity index (χ3v) is 3.62. The van der Waals surface area contributed by atoms with Crippen LogP contribution in [0.1, 0.15) is 19.8 Å². The van der Waals surface area contributed by atoms with Crippen LogP contribution in [0, 0.1) is 0 Å². The molecule has 0 saturated carbocycles. The first-order valence-electron chi connectivity index (χ1n) is 3.01. The average Bonchev–Trinajstić information content (AvgIpc) is 1.80. The van der Waals surface area contributed by atoms with Crippen molar-refractivity contribution in [2.24, 2.45) is 0 Å². The van der Waals surface area contributed by atoms with E-state index in [4.69, 9.17) is 22.3 Å². The van der Waals surface area contributed by atoms with Gasteiger partial charge >= 0.3 is 0 Å². The number of hydrogen-bond acceptors (Lipinski definition) is 2. The quantitative estimate of drug-likeness (QED) is 0.519. The predicted octanol–water partition coefficient (Wildman–Crippen LogP) is 1.96. The van der Waals surface area contributed by atoms with Crippen molar-refractivity contribution in [1.82, 2.24) is 0 Å². The van der Waals surface area contributed by atoms with Gasteiger partial charge in [0.25, 0.3) is 0 Å². The maximum Gasteiger partial charge on any atom is 0.235 e. The van der Waals surface area contributed by atoms with Crippen molar-refractivity contribution < 1.29 is 8.42 Å². The molecule has 0 heterocycles. The Labute approximate surface area is 70.9 Å². The molecular formula is C5H10Cl2O2S. The second kappa shape index (κ2) is 4.42. The molecule has 1 atom stereocenters. The molecule has 2 nitrogen and oxygen atoms in total. The van der Waals surface area contributed by atoms with Crippen LogP contribution in [-0.4, -0.2) is 19.5 Å². The standard InChI is InChI=1S/C5H10Cl2O2S/c1-2-5(3-4-6)10(7,8)9/h5H,2-4H2,1H3. The summed E-state index contributed by atoms with van der Waals surface area (Å²) >= 11 is 5.36. The van der Waals surface area contributed by atoms with E-state index in [1.165, 1.54) is 0 Å². The van der Waals surface area contributed by atoms with Gasteiger partial charge in [-0.3, -0.25) is 0 Å². The van der Waals surface area contributed by atoms with Crippen LogP contribution in [0.5, 0.6) is 0 Å². The Morgan fingerprint density at radius 1 is 1.50 bits per heavy atom. The Balaban J connectivity index is 4.08. The molecule has 1 unspecified atom stereocenters. The topological polar surface area (TPSA) is 34.1 Å². The van der Waals surface area contributed by atoms with Gasteiger partial charge in [-0.1, -0.05) is 6.92 Å². The first-order chi connectivity index (χ1) is 4.52. The summed E-state index contributed by atoms with van der Waals surface area (Å²) in [5.41, 5.74) is 0. The molecule has 0 spiro atoms. The Morgan fingerprint density at radius 2 is 2.00 bits per heavy atom. The monoisotopic (exact) mass is 204 g/mol. The fourth-order valence-electron chi connectivity index (χ4n) is 0.666. The summed E-state index contributed by atoms with van der Waals surface area (Å²) in [5.74, 6) is 0.338. The molecule has 0 aromatic rings. The van der Waals surface area contributed by atoms with Crippen LogP contribution in [-0.2, 0) is 9.05 Å². The Morgan fingerprint density at radius 3 is 2.10 bits per heavy atom. The summed E-state index contributed by atoms with van der Waals surface area (Å²) in [4.78, 5) is 0. The van der Waals surface area contributed by atoms with Gasteiger partial charge in [-0.05, 0) is 12.8 Å². The lowest BCUT2D eigenvalue weighted by atomic mass is 10.3. The van der Waals surface area contributed by atoms with Crippen LogP contribution in [0.2, 0.25) is 0 Å². The lowest BCUT2D eigenvalue weighted by Gasteiger charge is -2.07. The zero-order valence-corrected chi connectivity index (χ0v) is 8.01. The first-order valence-corrected chi connectivity index (χ1v) is 5.92. The third-order valence-electron chi connectivity index (χ3n) is 1.28. The first kappa shape index (κ1) is 10.5. The van der Waals surface area contributed by atoms with Crippen LogP contribution in [0.3, 0.4) is 0 Å². The second-order valence-electron chi connectivity index (χ2n) is 1.98. The number of halogens is 2. The van der Waals surface area contributed by atoms with Crippen molar-refractivity contribution in [1.29, 1.82) is 0 Å². The second-order valence-corrected chi connectivity index (χ2v) is 5.27. The lowest BCUT2D eigenvalue weighted by Crippen LogP contribution is -2.15. The van der Waals surface area contributed by atoms with Gasteiger partial charge in [0.2, 0.25) is 9.05 Å². The number of alkyl halides is 1. The maximum absolute atomic E-state index is 10.7. The van der Waals surface area contributed by atoms with Crippen LogP contribution < -0.4 is 0 Å². The molecule has 0 radical (unpaired) electrons. The van der Waals surface area contributed by atoms with Gasteiger partial charge in [0.15, 0.2) is 0 Å². The normalized spacial score (nSPS) is 15.1. The number of rotatable bonds is 4. The average molecular weight is 205 g/mol. The molecule has 0 aromatic carbocycles. The fourth-order valence-corrected chi connectivity index (χ4v) is 2.50. The SMILES string of the molecule is CCC(CCCl)S(=O)(=O)Cl. The van der Waals surface area contributed by atoms with E-state index in [0.717, 1.165) is 0 Å². The van der Waals surface area contributed by atoms with E-state index in [0.29, 0.717) is 18.7 Å². The van der Waals surface area contributed by atoms with Gasteiger partial charge in [-0.25, -0.2) is 8.42 Å². The molecule has 0 N–H and O–H groups in total. The molecule has 0 fully saturated rings. The summed E-state index contributed by atoms with van der Waals surface area (Å²) in [6.07, 6.45) is 0.961. The summed E-state index contributed by atoms with van der Waals surface area (Å²) in [5, 5.41) is -0.480. The highest BCUT2D eigenvalue weighted by Gasteiger charge is 2.19. The molecule has 0 aliphatic heterocycles. The highest BCUT2D eigenvalue weighted by molar-refractivity contribution is 8.14. The van der Waals surface area contributed by atoms with E-state index in [1.807, 2.05) is 0 Å². The van der Waals surface area contributed by atoms with Crippen LogP contribution >= 0.6 is 22.3 Å². The highest BCUT2D eigenvalue weighted by atomic mass is 35.7. The molecule has 5 heteroatoms. The fraction of sp³-hybridized carbons (Fsp3) is 1.00. The van der Waals surface area contributed by atoms with E-state index < -0.39 is 14.3 Å². The van der Waals surface area contributed by atoms with Crippen LogP contribution in [0.15, 0.2) is 0 Å². The molecule has 0 aliphatic carbocycles. The smallest absolute Gasteiger partial charge is 0.212 e. The molecule has 62 valence electrons. The molecule has 0 aliphatic rings. The zero-order valence-electron chi connectivity index (χ0n) is 5.68. The molecule has 0 aromatic heterocycles. The lowest BCUT2D eigenvalue weighted by molar-refractivity contribution is 0.586. The minimum atomic E-state index is -3.39. The molecule has 0 amide bonds. The summed E-state index contributed by atoms with van der Waals surface area (Å²) in [6, 6.07) is 0. The summed E-state index contributed by atoms with van der Waals surface area (Å²) in [7, 11) is 1.70. The van der Waals surface area contributed by atoms with E-state index >= 15 is 0 Å². The molecule has 10 heavy (non-hydrogen) atoms. The van der Waals surface area contributed by atoms with Crippen molar-refractivity contribution >= 4 is 31.3 Å². The van der Waals surface area contributed by atoms with Crippen molar-refractivity contribution in [3.63, 3.8) is 0 Å². The number of hydrogen-bond donors (Lipinski definition) is 0. The van der Waals surface area contributed by atoms with Crippen LogP contribution in [0.25, 0.3) is 0 Å². The molecular weight excluding hydrogens is 195 g/mol. The molecule has 0 bridgehead atoms. The highest BCUT2D eigenvalue weighted by Crippen LogP contribution is 2.14. The minimum Gasteiger partial charge on any atom is -0.212 e. The van der Waals surface area contributed by atoms with Gasteiger partial charge in [0, 0.05) is 16.6 Å². The molecule has 0 rings (SSSR count). The van der Waals surface area contributed by atoms with Gasteiger partial charge in [0.05, 0.1) is 5.25 Å². The summed E-state index contributed by atoms with van der Waals surface area (Å²) in [6.45, 7) is 1.77. The van der Waals surface area contributed by atoms with E-state index in [-0.39, 0.29) is 0 Å². The third kappa shape index (κ3) is 3.64. The Hall–Kier alpha value is 0.530. The van der Waals surface area contributed by atoms with Crippen molar-refractivity contribution in [3.05, 3.63) is 0 Å². The minimum absolute atomic E-state index is 0.338. The summed E-state index contributed by atoms with van der Waals surface area (Å²) < 4.78 is 21.3.